The predicted molar refractivity (Wildman–Crippen MR) is 163 cm³/mol. The van der Waals surface area contributed by atoms with E-state index in [2.05, 4.69) is 25.1 Å². The van der Waals surface area contributed by atoms with Crippen molar-refractivity contribution in [2.45, 2.75) is 52.4 Å². The van der Waals surface area contributed by atoms with Gasteiger partial charge in [0, 0.05) is 29.2 Å². The lowest BCUT2D eigenvalue weighted by Crippen LogP contribution is -1.99. The van der Waals surface area contributed by atoms with E-state index in [0.29, 0.717) is 22.3 Å². The van der Waals surface area contributed by atoms with Crippen LogP contribution >= 0.6 is 0 Å². The minimum atomic E-state index is -1.06. The summed E-state index contributed by atoms with van der Waals surface area (Å²) in [6, 6.07) is 9.59. The first kappa shape index (κ1) is 32.2. The lowest BCUT2D eigenvalue weighted by Gasteiger charge is -2.10. The number of benzene rings is 2. The number of aliphatic imine (C=N–C) groups is 1. The Balaban J connectivity index is 2.17. The van der Waals surface area contributed by atoms with E-state index in [-0.39, 0.29) is 23.7 Å². The van der Waals surface area contributed by atoms with E-state index in [1.807, 2.05) is 0 Å². The molecule has 2 aromatic carbocycles. The predicted octanol–water partition coefficient (Wildman–Crippen LogP) is 9.80. The Bertz CT molecular complexity index is 1280. The molecule has 2 N–H and O–H groups in total. The third kappa shape index (κ3) is 10.6. The number of hydrogen-bond donors (Lipinski definition) is 1. The van der Waals surface area contributed by atoms with Crippen molar-refractivity contribution in [1.29, 1.82) is 0 Å². The molecule has 40 heavy (non-hydrogen) atoms. The van der Waals surface area contributed by atoms with Crippen LogP contribution in [0.4, 0.5) is 13.2 Å². The van der Waals surface area contributed by atoms with Crippen LogP contribution in [0.25, 0.3) is 16.7 Å². The number of allylic oxidation sites excluding steroid dienone is 8. The van der Waals surface area contributed by atoms with Crippen LogP contribution in [0.5, 0.6) is 5.75 Å². The highest BCUT2D eigenvalue weighted by Gasteiger charge is 2.15. The summed E-state index contributed by atoms with van der Waals surface area (Å²) in [4.78, 5) is 4.41. The quantitative estimate of drug-likeness (QED) is 0.0982. The van der Waals surface area contributed by atoms with E-state index in [9.17, 15) is 13.2 Å². The van der Waals surface area contributed by atoms with Crippen LogP contribution in [-0.4, -0.2) is 12.8 Å². The molecule has 6 heteroatoms. The molecule has 0 aliphatic carbocycles. The summed E-state index contributed by atoms with van der Waals surface area (Å²) in [5, 5.41) is 0. The van der Waals surface area contributed by atoms with Gasteiger partial charge in [-0.3, -0.25) is 4.99 Å². The fourth-order valence-electron chi connectivity index (χ4n) is 3.87. The number of halogens is 3. The molecule has 0 saturated carbocycles. The van der Waals surface area contributed by atoms with Crippen LogP contribution in [0.2, 0.25) is 0 Å². The molecular weight excluding hydrogens is 509 g/mol. The molecule has 0 bridgehead atoms. The monoisotopic (exact) mass is 548 g/mol. The van der Waals surface area contributed by atoms with Gasteiger partial charge in [-0.15, -0.1) is 0 Å². The van der Waals surface area contributed by atoms with Crippen LogP contribution in [0.15, 0.2) is 108 Å². The maximum atomic E-state index is 14.7. The number of hydrogen-bond acceptors (Lipinski definition) is 3. The van der Waals surface area contributed by atoms with Crippen LogP contribution in [0.1, 0.15) is 57.9 Å². The molecule has 0 saturated heterocycles. The first-order valence-electron chi connectivity index (χ1n) is 13.5. The Morgan fingerprint density at radius 2 is 1.75 bits per heavy atom. The summed E-state index contributed by atoms with van der Waals surface area (Å²) in [5.74, 6) is -2.62. The summed E-state index contributed by atoms with van der Waals surface area (Å²) >= 11 is 0. The van der Waals surface area contributed by atoms with Gasteiger partial charge >= 0.3 is 0 Å². The molecule has 0 aromatic heterocycles. The highest BCUT2D eigenvalue weighted by molar-refractivity contribution is 5.83. The number of unbranched alkanes of at least 4 members (excludes halogenated alkanes) is 4. The van der Waals surface area contributed by atoms with Gasteiger partial charge in [-0.05, 0) is 54.7 Å². The van der Waals surface area contributed by atoms with Crippen molar-refractivity contribution >= 4 is 11.8 Å². The summed E-state index contributed by atoms with van der Waals surface area (Å²) in [5.41, 5.74) is 9.08. The molecule has 0 fully saturated rings. The van der Waals surface area contributed by atoms with Crippen molar-refractivity contribution in [3.8, 4) is 16.9 Å². The molecule has 0 aliphatic rings. The average Bonchev–Trinajstić information content (AvgIpc) is 2.95. The maximum absolute atomic E-state index is 14.7. The van der Waals surface area contributed by atoms with Crippen molar-refractivity contribution in [2.24, 2.45) is 10.7 Å². The van der Waals surface area contributed by atoms with Gasteiger partial charge in [0.1, 0.15) is 6.61 Å². The van der Waals surface area contributed by atoms with Crippen LogP contribution in [0.3, 0.4) is 0 Å². The smallest absolute Gasteiger partial charge is 0.201 e. The largest absolute Gasteiger partial charge is 0.486 e. The zero-order valence-corrected chi connectivity index (χ0v) is 23.4. The average molecular weight is 549 g/mol. The zero-order valence-electron chi connectivity index (χ0n) is 23.4. The minimum Gasteiger partial charge on any atom is -0.486 e. The van der Waals surface area contributed by atoms with Crippen molar-refractivity contribution < 1.29 is 17.9 Å². The molecule has 0 aliphatic heterocycles. The molecule has 212 valence electrons. The molecule has 0 radical (unpaired) electrons. The molecule has 0 atom stereocenters. The Hall–Kier alpha value is -4.06. The van der Waals surface area contributed by atoms with E-state index >= 15 is 0 Å². The van der Waals surface area contributed by atoms with Gasteiger partial charge in [0.2, 0.25) is 5.82 Å². The Morgan fingerprint density at radius 3 is 2.40 bits per heavy atom. The van der Waals surface area contributed by atoms with Gasteiger partial charge < -0.3 is 10.5 Å². The summed E-state index contributed by atoms with van der Waals surface area (Å²) in [6.45, 7) is 11.1. The van der Waals surface area contributed by atoms with Gasteiger partial charge in [-0.25, -0.2) is 8.78 Å². The maximum Gasteiger partial charge on any atom is 0.201 e. The fourth-order valence-corrected chi connectivity index (χ4v) is 3.87. The van der Waals surface area contributed by atoms with E-state index in [1.54, 1.807) is 48.7 Å². The SMILES string of the molecule is C=CCOc1ccc(-c2ccc(C(/C=C(\C)F)=C/C=C/C(/C=N\C(=C)CCCCCCC)=C/N)cc2)c(F)c1F. The van der Waals surface area contributed by atoms with Crippen LogP contribution in [-0.2, 0) is 0 Å². The Morgan fingerprint density at radius 1 is 1.02 bits per heavy atom. The Kier molecular flexibility index (Phi) is 14.1. The minimum absolute atomic E-state index is 0.0688. The second kappa shape index (κ2) is 17.5. The molecule has 2 rings (SSSR count). The van der Waals surface area contributed by atoms with Gasteiger partial charge in [0.05, 0.1) is 5.83 Å². The molecule has 0 unspecified atom stereocenters. The van der Waals surface area contributed by atoms with Gasteiger partial charge in [-0.2, -0.15) is 4.39 Å². The fraction of sp³-hybridized carbons (Fsp3) is 0.265. The summed E-state index contributed by atoms with van der Waals surface area (Å²) < 4.78 is 48.1. The number of nitrogens with zero attached hydrogens (tertiary/aromatic N) is 1. The highest BCUT2D eigenvalue weighted by Crippen LogP contribution is 2.31. The third-order valence-electron chi connectivity index (χ3n) is 6.01. The van der Waals surface area contributed by atoms with Crippen LogP contribution in [0, 0.1) is 11.6 Å². The first-order chi connectivity index (χ1) is 19.3. The van der Waals surface area contributed by atoms with E-state index in [1.165, 1.54) is 63.1 Å². The number of rotatable bonds is 16. The van der Waals surface area contributed by atoms with Gasteiger partial charge in [0.25, 0.3) is 0 Å². The van der Waals surface area contributed by atoms with Crippen molar-refractivity contribution in [2.75, 3.05) is 6.61 Å². The standard InChI is InChI=1S/C34H39F3N2O/c1-5-7-8-9-10-12-26(4)39-24-27(23-38)13-11-14-30(22-25(3)35)28-15-17-29(18-16-28)31-19-20-32(40-21-6-2)34(37)33(31)36/h6,11,13-20,22-24H,2,4-5,7-10,12,21,38H2,1,3H3/b13-11+,25-22+,27-23-,30-14+,39-24-. The van der Waals surface area contributed by atoms with Crippen molar-refractivity contribution in [1.82, 2.24) is 0 Å². The number of ether oxygens (including phenoxy) is 1. The second-order valence-corrected chi connectivity index (χ2v) is 9.28. The summed E-state index contributed by atoms with van der Waals surface area (Å²) in [7, 11) is 0. The number of nitrogens with two attached hydrogens (primary N) is 1. The van der Waals surface area contributed by atoms with E-state index in [0.717, 1.165) is 18.5 Å². The Labute approximate surface area is 236 Å². The zero-order chi connectivity index (χ0) is 29.3. The molecule has 2 aromatic rings. The lowest BCUT2D eigenvalue weighted by molar-refractivity contribution is 0.333. The van der Waals surface area contributed by atoms with Crippen molar-refractivity contribution in [3.63, 3.8) is 0 Å². The second-order valence-electron chi connectivity index (χ2n) is 9.28. The van der Waals surface area contributed by atoms with E-state index in [4.69, 9.17) is 10.5 Å². The molecule has 0 heterocycles. The van der Waals surface area contributed by atoms with Gasteiger partial charge in [-0.1, -0.05) is 94.3 Å². The molecule has 3 nitrogen and oxygen atoms in total. The molecular formula is C34H39F3N2O. The highest BCUT2D eigenvalue weighted by atomic mass is 19.2. The normalized spacial score (nSPS) is 12.9. The van der Waals surface area contributed by atoms with Crippen molar-refractivity contribution in [3.05, 3.63) is 120 Å². The summed E-state index contributed by atoms with van der Waals surface area (Å²) in [6.07, 6.45) is 17.9. The molecule has 0 spiro atoms. The lowest BCUT2D eigenvalue weighted by atomic mass is 9.99. The first-order valence-corrected chi connectivity index (χ1v) is 13.5. The molecule has 0 amide bonds. The van der Waals surface area contributed by atoms with E-state index < -0.39 is 11.6 Å². The van der Waals surface area contributed by atoms with Gasteiger partial charge in [0.15, 0.2) is 11.6 Å². The van der Waals surface area contributed by atoms with Crippen LogP contribution < -0.4 is 10.5 Å². The third-order valence-corrected chi connectivity index (χ3v) is 6.01. The topological polar surface area (TPSA) is 47.6 Å².